The molecule has 0 unspecified atom stereocenters. The van der Waals surface area contributed by atoms with Crippen molar-refractivity contribution in [2.45, 2.75) is 54.4 Å². The maximum Gasteiger partial charge on any atom is 0.316 e. The van der Waals surface area contributed by atoms with Crippen LogP contribution < -0.4 is 9.47 Å². The first-order valence-corrected chi connectivity index (χ1v) is 14.1. The molecule has 4 rings (SSSR count). The van der Waals surface area contributed by atoms with Crippen LogP contribution in [-0.4, -0.2) is 17.7 Å². The number of hydrogen-bond acceptors (Lipinski definition) is 5. The Morgan fingerprint density at radius 3 is 1.21 bits per heavy atom. The lowest BCUT2D eigenvalue weighted by Gasteiger charge is -2.19. The summed E-state index contributed by atoms with van der Waals surface area (Å²) in [6, 6.07) is 30.1. The highest BCUT2D eigenvalue weighted by Gasteiger charge is 2.26. The van der Waals surface area contributed by atoms with Crippen molar-refractivity contribution in [2.75, 3.05) is 0 Å². The van der Waals surface area contributed by atoms with Gasteiger partial charge in [0, 0.05) is 11.1 Å². The summed E-state index contributed by atoms with van der Waals surface area (Å²) in [5, 5.41) is 0. The minimum Gasteiger partial charge on any atom is -0.426 e. The number of benzene rings is 4. The van der Waals surface area contributed by atoms with Gasteiger partial charge in [-0.1, -0.05) is 60.7 Å². The molecule has 0 heterocycles. The monoisotopic (exact) mass is 562 g/mol. The van der Waals surface area contributed by atoms with Crippen LogP contribution in [0.15, 0.2) is 97.1 Å². The van der Waals surface area contributed by atoms with Crippen molar-refractivity contribution in [3.8, 4) is 11.5 Å². The minimum absolute atomic E-state index is 0.158. The van der Waals surface area contributed by atoms with Crippen LogP contribution >= 0.6 is 0 Å². The van der Waals surface area contributed by atoms with Gasteiger partial charge in [0.2, 0.25) is 0 Å². The van der Waals surface area contributed by atoms with E-state index in [9.17, 15) is 14.4 Å². The summed E-state index contributed by atoms with van der Waals surface area (Å²) >= 11 is 0. The van der Waals surface area contributed by atoms with Gasteiger partial charge in [0.1, 0.15) is 11.5 Å². The first kappa shape index (κ1) is 30.4. The number of hydrogen-bond donors (Lipinski definition) is 0. The van der Waals surface area contributed by atoms with Crippen molar-refractivity contribution in [3.05, 3.63) is 130 Å². The molecule has 5 nitrogen and oxygen atoms in total. The molecule has 0 atom stereocenters. The SMILES string of the molecule is CC(C)(C)C(=O)Oc1ccc(C(=O)c2ccc(OC(=O)C(C)(C)C)cc2Cc2ccccc2)c(Cc2ccccc2)c1. The Kier molecular flexibility index (Phi) is 9.11. The Bertz CT molecular complexity index is 1450. The van der Waals surface area contributed by atoms with Crippen LogP contribution in [0.25, 0.3) is 0 Å². The molecule has 0 radical (unpaired) electrons. The van der Waals surface area contributed by atoms with Crippen molar-refractivity contribution in [1.82, 2.24) is 0 Å². The normalized spacial score (nSPS) is 11.6. The van der Waals surface area contributed by atoms with E-state index >= 15 is 0 Å². The number of carbonyl (C=O) groups excluding carboxylic acids is 3. The molecule has 216 valence electrons. The van der Waals surface area contributed by atoms with Gasteiger partial charge in [-0.25, -0.2) is 0 Å². The predicted molar refractivity (Wildman–Crippen MR) is 165 cm³/mol. The van der Waals surface area contributed by atoms with Gasteiger partial charge in [0.05, 0.1) is 10.8 Å². The molecule has 0 N–H and O–H groups in total. The smallest absolute Gasteiger partial charge is 0.316 e. The standard InChI is InChI=1S/C37H38O5/c1-36(2,3)34(39)41-29-17-19-31(27(23-29)21-25-13-9-7-10-14-25)33(38)32-20-18-30(42-35(40)37(4,5)6)24-28(32)22-26-15-11-8-12-16-26/h7-20,23-24H,21-22H2,1-6H3. The summed E-state index contributed by atoms with van der Waals surface area (Å²) in [4.78, 5) is 39.5. The highest BCUT2D eigenvalue weighted by molar-refractivity contribution is 6.11. The van der Waals surface area contributed by atoms with Crippen LogP contribution in [0, 0.1) is 10.8 Å². The van der Waals surface area contributed by atoms with Crippen molar-refractivity contribution in [3.63, 3.8) is 0 Å². The maximum atomic E-state index is 14.2. The molecular weight excluding hydrogens is 524 g/mol. The van der Waals surface area contributed by atoms with Gasteiger partial charge in [-0.15, -0.1) is 0 Å². The highest BCUT2D eigenvalue weighted by atomic mass is 16.5. The molecule has 0 amide bonds. The highest BCUT2D eigenvalue weighted by Crippen LogP contribution is 2.29. The summed E-state index contributed by atoms with van der Waals surface area (Å²) in [7, 11) is 0. The lowest BCUT2D eigenvalue weighted by Crippen LogP contribution is -2.25. The summed E-state index contributed by atoms with van der Waals surface area (Å²) in [6.45, 7) is 10.8. The van der Waals surface area contributed by atoms with E-state index in [-0.39, 0.29) is 17.7 Å². The summed E-state index contributed by atoms with van der Waals surface area (Å²) in [6.07, 6.45) is 0.968. The van der Waals surface area contributed by atoms with E-state index in [1.807, 2.05) is 60.7 Å². The van der Waals surface area contributed by atoms with E-state index in [1.165, 1.54) is 0 Å². The number of rotatable bonds is 8. The van der Waals surface area contributed by atoms with Gasteiger partial charge in [-0.05, 0) is 113 Å². The van der Waals surface area contributed by atoms with Crippen LogP contribution in [0.2, 0.25) is 0 Å². The average Bonchev–Trinajstić information content (AvgIpc) is 2.93. The fourth-order valence-corrected chi connectivity index (χ4v) is 4.30. The fourth-order valence-electron chi connectivity index (χ4n) is 4.30. The minimum atomic E-state index is -0.668. The summed E-state index contributed by atoms with van der Waals surface area (Å²) < 4.78 is 11.4. The first-order valence-electron chi connectivity index (χ1n) is 14.1. The quantitative estimate of drug-likeness (QED) is 0.124. The zero-order chi connectivity index (χ0) is 30.5. The topological polar surface area (TPSA) is 69.7 Å². The Morgan fingerprint density at radius 1 is 0.524 bits per heavy atom. The summed E-state index contributed by atoms with van der Waals surface area (Å²) in [5.74, 6) is -0.0671. The van der Waals surface area contributed by atoms with Crippen molar-refractivity contribution in [2.24, 2.45) is 10.8 Å². The molecule has 0 saturated heterocycles. The Balaban J connectivity index is 1.77. The average molecular weight is 563 g/mol. The van der Waals surface area contributed by atoms with Crippen molar-refractivity contribution >= 4 is 17.7 Å². The van der Waals surface area contributed by atoms with Gasteiger partial charge in [-0.2, -0.15) is 0 Å². The number of ketones is 1. The largest absolute Gasteiger partial charge is 0.426 e. The zero-order valence-corrected chi connectivity index (χ0v) is 25.2. The first-order chi connectivity index (χ1) is 19.8. The zero-order valence-electron chi connectivity index (χ0n) is 25.2. The van der Waals surface area contributed by atoms with Crippen LogP contribution in [-0.2, 0) is 22.4 Å². The molecule has 4 aromatic carbocycles. The lowest BCUT2D eigenvalue weighted by molar-refractivity contribution is -0.143. The van der Waals surface area contributed by atoms with Crippen LogP contribution in [0.4, 0.5) is 0 Å². The van der Waals surface area contributed by atoms with Gasteiger partial charge >= 0.3 is 11.9 Å². The van der Waals surface area contributed by atoms with E-state index in [0.29, 0.717) is 35.5 Å². The van der Waals surface area contributed by atoms with E-state index in [0.717, 1.165) is 22.3 Å². The Hall–Kier alpha value is -4.51. The van der Waals surface area contributed by atoms with E-state index in [2.05, 4.69) is 0 Å². The van der Waals surface area contributed by atoms with Crippen molar-refractivity contribution in [1.29, 1.82) is 0 Å². The predicted octanol–water partition coefficient (Wildman–Crippen LogP) is 8.00. The second-order valence-electron chi connectivity index (χ2n) is 12.6. The third kappa shape index (κ3) is 7.82. The van der Waals surface area contributed by atoms with Crippen LogP contribution in [0.5, 0.6) is 11.5 Å². The maximum absolute atomic E-state index is 14.2. The van der Waals surface area contributed by atoms with E-state index in [4.69, 9.17) is 9.47 Å². The second kappa shape index (κ2) is 12.6. The number of carbonyl (C=O) groups is 3. The van der Waals surface area contributed by atoms with Crippen molar-refractivity contribution < 1.29 is 23.9 Å². The number of ether oxygens (including phenoxy) is 2. The molecule has 0 saturated carbocycles. The lowest BCUT2D eigenvalue weighted by atomic mass is 9.90. The molecule has 0 spiro atoms. The molecule has 0 aliphatic rings. The summed E-state index contributed by atoms with van der Waals surface area (Å²) in [5.41, 5.74) is 3.25. The second-order valence-corrected chi connectivity index (χ2v) is 12.6. The third-order valence-electron chi connectivity index (χ3n) is 6.76. The molecule has 0 aliphatic heterocycles. The number of esters is 2. The molecular formula is C37H38O5. The molecule has 42 heavy (non-hydrogen) atoms. The Labute approximate surface area is 248 Å². The van der Waals surface area contributed by atoms with E-state index in [1.54, 1.807) is 77.9 Å². The van der Waals surface area contributed by atoms with E-state index < -0.39 is 10.8 Å². The Morgan fingerprint density at radius 2 is 0.881 bits per heavy atom. The third-order valence-corrected chi connectivity index (χ3v) is 6.76. The van der Waals surface area contributed by atoms with Gasteiger partial charge in [0.25, 0.3) is 0 Å². The molecule has 0 aromatic heterocycles. The van der Waals surface area contributed by atoms with Gasteiger partial charge in [-0.3, -0.25) is 14.4 Å². The van der Waals surface area contributed by atoms with Gasteiger partial charge < -0.3 is 9.47 Å². The van der Waals surface area contributed by atoms with Gasteiger partial charge in [0.15, 0.2) is 5.78 Å². The van der Waals surface area contributed by atoms with Crippen LogP contribution in [0.1, 0.15) is 79.7 Å². The molecule has 4 aromatic rings. The molecule has 5 heteroatoms. The molecule has 0 aliphatic carbocycles. The fraction of sp³-hybridized carbons (Fsp3) is 0.270. The molecule has 0 bridgehead atoms. The van der Waals surface area contributed by atoms with Crippen LogP contribution in [0.3, 0.4) is 0 Å². The molecule has 0 fully saturated rings.